The molecule has 2 aliphatic rings. The van der Waals surface area contributed by atoms with Crippen molar-refractivity contribution in [2.45, 2.75) is 18.9 Å². The molecule has 1 saturated carbocycles. The second kappa shape index (κ2) is 6.25. The predicted octanol–water partition coefficient (Wildman–Crippen LogP) is 2.61. The van der Waals surface area contributed by atoms with E-state index in [1.54, 1.807) is 0 Å². The van der Waals surface area contributed by atoms with Crippen molar-refractivity contribution in [2.75, 3.05) is 39.3 Å². The molecule has 0 amide bonds. The van der Waals surface area contributed by atoms with E-state index < -0.39 is 0 Å². The quantitative estimate of drug-likeness (QED) is 0.828. The van der Waals surface area contributed by atoms with Gasteiger partial charge in [0.15, 0.2) is 0 Å². The van der Waals surface area contributed by atoms with E-state index in [1.807, 2.05) is 24.3 Å². The lowest BCUT2D eigenvalue weighted by Gasteiger charge is -2.34. The van der Waals surface area contributed by atoms with Crippen molar-refractivity contribution in [3.05, 3.63) is 28.7 Å². The third-order valence-electron chi connectivity index (χ3n) is 3.94. The number of rotatable bonds is 5. The van der Waals surface area contributed by atoms with E-state index >= 15 is 0 Å². The van der Waals surface area contributed by atoms with Crippen LogP contribution in [-0.4, -0.2) is 55.2 Å². The Kier molecular flexibility index (Phi) is 4.41. The minimum absolute atomic E-state index is 0.778. The van der Waals surface area contributed by atoms with Crippen molar-refractivity contribution in [2.24, 2.45) is 0 Å². The van der Waals surface area contributed by atoms with Crippen LogP contribution in [0, 0.1) is 0 Å². The molecule has 19 heavy (non-hydrogen) atoms. The molecule has 0 bridgehead atoms. The van der Waals surface area contributed by atoms with Crippen molar-refractivity contribution < 1.29 is 4.74 Å². The largest absolute Gasteiger partial charge is 0.492 e. The zero-order valence-corrected chi connectivity index (χ0v) is 12.8. The molecule has 104 valence electrons. The fourth-order valence-corrected chi connectivity index (χ4v) is 3.02. The number of halogens is 1. The first-order valence-electron chi connectivity index (χ1n) is 7.16. The number of nitrogens with zero attached hydrogens (tertiary/aromatic N) is 2. The van der Waals surface area contributed by atoms with Crippen LogP contribution in [0.15, 0.2) is 28.7 Å². The maximum absolute atomic E-state index is 5.79. The van der Waals surface area contributed by atoms with E-state index in [2.05, 4.69) is 25.7 Å². The molecule has 0 N–H and O–H groups in total. The summed E-state index contributed by atoms with van der Waals surface area (Å²) in [6, 6.07) is 8.97. The highest BCUT2D eigenvalue weighted by molar-refractivity contribution is 9.10. The summed E-state index contributed by atoms with van der Waals surface area (Å²) in [5.74, 6) is 0.950. The zero-order valence-electron chi connectivity index (χ0n) is 11.2. The Labute approximate surface area is 123 Å². The van der Waals surface area contributed by atoms with Crippen molar-refractivity contribution >= 4 is 15.9 Å². The molecule has 1 aliphatic carbocycles. The van der Waals surface area contributed by atoms with Crippen LogP contribution in [-0.2, 0) is 0 Å². The number of benzene rings is 1. The molecule has 1 saturated heterocycles. The molecule has 0 unspecified atom stereocenters. The first-order valence-corrected chi connectivity index (χ1v) is 7.95. The molecule has 0 radical (unpaired) electrons. The summed E-state index contributed by atoms with van der Waals surface area (Å²) in [7, 11) is 0. The zero-order chi connectivity index (χ0) is 13.1. The normalized spacial score (nSPS) is 21.5. The minimum atomic E-state index is 0.778. The molecule has 0 aromatic heterocycles. The lowest BCUT2D eigenvalue weighted by molar-refractivity contribution is 0.112. The number of piperazine rings is 1. The van der Waals surface area contributed by atoms with Crippen LogP contribution >= 0.6 is 15.9 Å². The molecule has 0 atom stereocenters. The average molecular weight is 325 g/mol. The van der Waals surface area contributed by atoms with Crippen LogP contribution in [0.25, 0.3) is 0 Å². The minimum Gasteiger partial charge on any atom is -0.492 e. The summed E-state index contributed by atoms with van der Waals surface area (Å²) in [5, 5.41) is 0. The van der Waals surface area contributed by atoms with Crippen LogP contribution in [0.5, 0.6) is 5.75 Å². The predicted molar refractivity (Wildman–Crippen MR) is 80.7 cm³/mol. The van der Waals surface area contributed by atoms with Gasteiger partial charge in [0.05, 0.1) is 0 Å². The Balaban J connectivity index is 1.36. The molecule has 0 spiro atoms. The molecule has 3 rings (SSSR count). The molecular weight excluding hydrogens is 304 g/mol. The monoisotopic (exact) mass is 324 g/mol. The Morgan fingerprint density at radius 1 is 1.16 bits per heavy atom. The summed E-state index contributed by atoms with van der Waals surface area (Å²) in [6.45, 7) is 6.67. The SMILES string of the molecule is Brc1cccc(OCCN2CCN(C3CC3)CC2)c1. The Hall–Kier alpha value is -0.580. The lowest BCUT2D eigenvalue weighted by atomic mass is 10.3. The Morgan fingerprint density at radius 2 is 1.95 bits per heavy atom. The summed E-state index contributed by atoms with van der Waals surface area (Å²) >= 11 is 3.46. The summed E-state index contributed by atoms with van der Waals surface area (Å²) < 4.78 is 6.86. The van der Waals surface area contributed by atoms with Gasteiger partial charge in [0.2, 0.25) is 0 Å². The van der Waals surface area contributed by atoms with Gasteiger partial charge in [0.1, 0.15) is 12.4 Å². The van der Waals surface area contributed by atoms with Gasteiger partial charge in [-0.15, -0.1) is 0 Å². The van der Waals surface area contributed by atoms with Gasteiger partial charge in [0, 0.05) is 43.2 Å². The van der Waals surface area contributed by atoms with Crippen LogP contribution in [0.1, 0.15) is 12.8 Å². The molecule has 1 heterocycles. The summed E-state index contributed by atoms with van der Waals surface area (Å²) in [5.41, 5.74) is 0. The fraction of sp³-hybridized carbons (Fsp3) is 0.600. The van der Waals surface area contributed by atoms with Crippen LogP contribution in [0.4, 0.5) is 0 Å². The molecule has 1 aliphatic heterocycles. The number of hydrogen-bond donors (Lipinski definition) is 0. The highest BCUT2D eigenvalue weighted by Gasteiger charge is 2.30. The van der Waals surface area contributed by atoms with E-state index in [4.69, 9.17) is 4.74 Å². The van der Waals surface area contributed by atoms with E-state index in [9.17, 15) is 0 Å². The third kappa shape index (κ3) is 3.94. The van der Waals surface area contributed by atoms with Crippen LogP contribution < -0.4 is 4.74 Å². The number of hydrogen-bond acceptors (Lipinski definition) is 3. The van der Waals surface area contributed by atoms with Crippen molar-refractivity contribution in [3.8, 4) is 5.75 Å². The van der Waals surface area contributed by atoms with Gasteiger partial charge < -0.3 is 4.74 Å². The highest BCUT2D eigenvalue weighted by Crippen LogP contribution is 2.27. The highest BCUT2D eigenvalue weighted by atomic mass is 79.9. The summed E-state index contributed by atoms with van der Waals surface area (Å²) in [6.07, 6.45) is 2.85. The van der Waals surface area contributed by atoms with Crippen LogP contribution in [0.2, 0.25) is 0 Å². The molecule has 3 nitrogen and oxygen atoms in total. The summed E-state index contributed by atoms with van der Waals surface area (Å²) in [4.78, 5) is 5.16. The maximum Gasteiger partial charge on any atom is 0.120 e. The van der Waals surface area contributed by atoms with Gasteiger partial charge in [0.25, 0.3) is 0 Å². The lowest BCUT2D eigenvalue weighted by Crippen LogP contribution is -2.48. The number of ether oxygens (including phenoxy) is 1. The molecule has 1 aromatic carbocycles. The molecule has 4 heteroatoms. The van der Waals surface area contributed by atoms with E-state index in [0.717, 1.165) is 29.4 Å². The van der Waals surface area contributed by atoms with Gasteiger partial charge in [-0.05, 0) is 31.0 Å². The maximum atomic E-state index is 5.79. The van der Waals surface area contributed by atoms with E-state index in [1.165, 1.54) is 39.0 Å². The standard InChI is InChI=1S/C15H21BrN2O/c16-13-2-1-3-15(12-13)19-11-10-17-6-8-18(9-7-17)14-4-5-14/h1-3,12,14H,4-11H2. The Bertz CT molecular complexity index is 414. The second-order valence-electron chi connectivity index (χ2n) is 5.41. The first kappa shape index (κ1) is 13.4. The van der Waals surface area contributed by atoms with Crippen molar-refractivity contribution in [3.63, 3.8) is 0 Å². The van der Waals surface area contributed by atoms with Gasteiger partial charge in [-0.2, -0.15) is 0 Å². The topological polar surface area (TPSA) is 15.7 Å². The molecule has 2 fully saturated rings. The van der Waals surface area contributed by atoms with Gasteiger partial charge in [-0.3, -0.25) is 9.80 Å². The smallest absolute Gasteiger partial charge is 0.120 e. The molecular formula is C15H21BrN2O. The fourth-order valence-electron chi connectivity index (χ4n) is 2.64. The Morgan fingerprint density at radius 3 is 2.63 bits per heavy atom. The second-order valence-corrected chi connectivity index (χ2v) is 6.33. The van der Waals surface area contributed by atoms with Gasteiger partial charge in [-0.1, -0.05) is 22.0 Å². The van der Waals surface area contributed by atoms with Crippen molar-refractivity contribution in [1.29, 1.82) is 0 Å². The molecule has 1 aromatic rings. The van der Waals surface area contributed by atoms with Gasteiger partial charge in [-0.25, -0.2) is 0 Å². The van der Waals surface area contributed by atoms with Gasteiger partial charge >= 0.3 is 0 Å². The van der Waals surface area contributed by atoms with Crippen LogP contribution in [0.3, 0.4) is 0 Å². The average Bonchev–Trinajstić information content (AvgIpc) is 3.24. The van der Waals surface area contributed by atoms with E-state index in [0.29, 0.717) is 0 Å². The van der Waals surface area contributed by atoms with E-state index in [-0.39, 0.29) is 0 Å². The first-order chi connectivity index (χ1) is 9.31. The third-order valence-corrected chi connectivity index (χ3v) is 4.44. The van der Waals surface area contributed by atoms with Crippen molar-refractivity contribution in [1.82, 2.24) is 9.80 Å².